The topological polar surface area (TPSA) is 134 Å². The fourth-order valence-electron chi connectivity index (χ4n) is 3.33. The molecule has 0 aliphatic rings. The number of hydrogen-bond donors (Lipinski definition) is 4. The van der Waals surface area contributed by atoms with Crippen LogP contribution in [0.2, 0.25) is 0 Å². The number of hydrogen-bond acceptors (Lipinski definition) is 6. The number of carbonyl (C=O) groups is 4. The van der Waals surface area contributed by atoms with Crippen LogP contribution in [0.4, 0.5) is 4.79 Å². The van der Waals surface area contributed by atoms with Crippen molar-refractivity contribution in [3.8, 4) is 0 Å². The summed E-state index contributed by atoms with van der Waals surface area (Å²) in [6.07, 6.45) is 11.0. The molecule has 0 bridgehead atoms. The Kier molecular flexibility index (Phi) is 18.2. The molecule has 0 heterocycles. The molecule has 204 valence electrons. The first-order chi connectivity index (χ1) is 16.5. The van der Waals surface area contributed by atoms with Crippen LogP contribution in [0.15, 0.2) is 0 Å². The van der Waals surface area contributed by atoms with Crippen LogP contribution in [0.3, 0.4) is 0 Å². The summed E-state index contributed by atoms with van der Waals surface area (Å²) >= 11 is 1.24. The molecule has 0 aliphatic heterocycles. The van der Waals surface area contributed by atoms with Gasteiger partial charge in [-0.05, 0) is 27.2 Å². The molecule has 4 N–H and O–H groups in total. The van der Waals surface area contributed by atoms with E-state index in [0.717, 1.165) is 19.3 Å². The SMILES string of the molecule is CCCCCCCCCCCC[C@H](NC(=O)[C@H](CSCNC(C)=O)NC(=O)OC(C)(C)C)C(=O)O. The molecule has 0 fully saturated rings. The quantitative estimate of drug-likeness (QED) is 0.145. The lowest BCUT2D eigenvalue weighted by Gasteiger charge is -2.24. The van der Waals surface area contributed by atoms with E-state index in [0.29, 0.717) is 12.8 Å². The Morgan fingerprint density at radius 2 is 1.40 bits per heavy atom. The van der Waals surface area contributed by atoms with Gasteiger partial charge in [-0.25, -0.2) is 9.59 Å². The Bertz CT molecular complexity index is 639. The highest BCUT2D eigenvalue weighted by Gasteiger charge is 2.28. The molecule has 9 nitrogen and oxygen atoms in total. The van der Waals surface area contributed by atoms with Gasteiger partial charge in [-0.3, -0.25) is 9.59 Å². The van der Waals surface area contributed by atoms with Crippen molar-refractivity contribution in [2.24, 2.45) is 0 Å². The molecule has 0 rings (SSSR count). The van der Waals surface area contributed by atoms with Gasteiger partial charge in [0.25, 0.3) is 0 Å². The number of amides is 3. The molecule has 10 heteroatoms. The largest absolute Gasteiger partial charge is 0.480 e. The van der Waals surface area contributed by atoms with Gasteiger partial charge in [0.1, 0.15) is 17.7 Å². The second kappa shape index (κ2) is 19.2. The minimum absolute atomic E-state index is 0.149. The van der Waals surface area contributed by atoms with E-state index >= 15 is 0 Å². The zero-order chi connectivity index (χ0) is 26.7. The zero-order valence-corrected chi connectivity index (χ0v) is 23.1. The van der Waals surface area contributed by atoms with E-state index in [4.69, 9.17) is 4.74 Å². The van der Waals surface area contributed by atoms with Crippen LogP contribution in [0, 0.1) is 0 Å². The monoisotopic (exact) mass is 517 g/mol. The van der Waals surface area contributed by atoms with Gasteiger partial charge in [0, 0.05) is 12.7 Å². The predicted molar refractivity (Wildman–Crippen MR) is 140 cm³/mol. The number of rotatable bonds is 19. The van der Waals surface area contributed by atoms with Gasteiger partial charge < -0.3 is 25.8 Å². The van der Waals surface area contributed by atoms with Crippen LogP contribution in [0.1, 0.15) is 105 Å². The molecule has 0 spiro atoms. The van der Waals surface area contributed by atoms with Crippen LogP contribution >= 0.6 is 11.8 Å². The Hall–Kier alpha value is -1.97. The van der Waals surface area contributed by atoms with Crippen molar-refractivity contribution in [3.63, 3.8) is 0 Å². The van der Waals surface area contributed by atoms with Gasteiger partial charge >= 0.3 is 12.1 Å². The lowest BCUT2D eigenvalue weighted by molar-refractivity contribution is -0.142. The van der Waals surface area contributed by atoms with Crippen LogP contribution in [0.5, 0.6) is 0 Å². The maximum Gasteiger partial charge on any atom is 0.408 e. The molecule has 0 aromatic rings. The maximum atomic E-state index is 12.8. The number of unbranched alkanes of at least 4 members (excludes halogenated alkanes) is 9. The minimum atomic E-state index is -1.10. The number of carboxylic acids is 1. The van der Waals surface area contributed by atoms with Crippen molar-refractivity contribution in [1.82, 2.24) is 16.0 Å². The summed E-state index contributed by atoms with van der Waals surface area (Å²) in [4.78, 5) is 47.8. The molecule has 0 aliphatic carbocycles. The summed E-state index contributed by atoms with van der Waals surface area (Å²) in [5.74, 6) is -1.49. The van der Waals surface area contributed by atoms with E-state index in [2.05, 4.69) is 22.9 Å². The molecular formula is C25H47N3O6S. The van der Waals surface area contributed by atoms with Crippen molar-refractivity contribution in [2.45, 2.75) is 123 Å². The van der Waals surface area contributed by atoms with Gasteiger partial charge in [0.15, 0.2) is 0 Å². The molecule has 0 aromatic heterocycles. The first-order valence-electron chi connectivity index (χ1n) is 12.8. The van der Waals surface area contributed by atoms with Crippen molar-refractivity contribution in [2.75, 3.05) is 11.6 Å². The fourth-order valence-corrected chi connectivity index (χ4v) is 4.22. The van der Waals surface area contributed by atoms with Crippen molar-refractivity contribution < 1.29 is 29.0 Å². The number of alkyl carbamates (subject to hydrolysis) is 1. The number of thioether (sulfide) groups is 1. The average molecular weight is 518 g/mol. The van der Waals surface area contributed by atoms with Crippen LogP contribution in [0.25, 0.3) is 0 Å². The summed E-state index contributed by atoms with van der Waals surface area (Å²) < 4.78 is 5.23. The number of carbonyl (C=O) groups excluding carboxylic acids is 3. The molecule has 35 heavy (non-hydrogen) atoms. The highest BCUT2D eigenvalue weighted by Crippen LogP contribution is 2.13. The summed E-state index contributed by atoms with van der Waals surface area (Å²) in [5.41, 5.74) is -0.743. The average Bonchev–Trinajstić information content (AvgIpc) is 2.74. The molecule has 0 radical (unpaired) electrons. The van der Waals surface area contributed by atoms with Gasteiger partial charge in [0.2, 0.25) is 11.8 Å². The second-order valence-corrected chi connectivity index (χ2v) is 10.8. The summed E-state index contributed by atoms with van der Waals surface area (Å²) in [6.45, 7) is 8.72. The lowest BCUT2D eigenvalue weighted by Crippen LogP contribution is -2.53. The smallest absolute Gasteiger partial charge is 0.408 e. The number of carboxylic acid groups (broad SMARTS) is 1. The fraction of sp³-hybridized carbons (Fsp3) is 0.840. The molecule has 3 amide bonds. The Morgan fingerprint density at radius 1 is 0.857 bits per heavy atom. The zero-order valence-electron chi connectivity index (χ0n) is 22.2. The molecule has 0 aromatic carbocycles. The van der Waals surface area contributed by atoms with Crippen LogP contribution < -0.4 is 16.0 Å². The predicted octanol–water partition coefficient (Wildman–Crippen LogP) is 4.59. The van der Waals surface area contributed by atoms with E-state index in [9.17, 15) is 24.3 Å². The van der Waals surface area contributed by atoms with Crippen LogP contribution in [-0.2, 0) is 19.1 Å². The summed E-state index contributed by atoms with van der Waals surface area (Å²) in [7, 11) is 0. The van der Waals surface area contributed by atoms with Gasteiger partial charge in [0.05, 0.1) is 5.88 Å². The number of nitrogens with one attached hydrogen (secondary N) is 3. The van der Waals surface area contributed by atoms with E-state index in [1.54, 1.807) is 20.8 Å². The second-order valence-electron chi connectivity index (χ2n) is 9.82. The van der Waals surface area contributed by atoms with Crippen molar-refractivity contribution >= 4 is 35.6 Å². The first kappa shape index (κ1) is 33.0. The Balaban J connectivity index is 4.64. The first-order valence-corrected chi connectivity index (χ1v) is 14.0. The van der Waals surface area contributed by atoms with Crippen molar-refractivity contribution in [1.29, 1.82) is 0 Å². The highest BCUT2D eigenvalue weighted by molar-refractivity contribution is 7.99. The van der Waals surface area contributed by atoms with Gasteiger partial charge in [-0.15, -0.1) is 11.8 Å². The molecule has 0 saturated carbocycles. The third-order valence-electron chi connectivity index (χ3n) is 5.18. The number of aliphatic carboxylic acids is 1. The maximum absolute atomic E-state index is 12.8. The molecule has 0 saturated heterocycles. The third-order valence-corrected chi connectivity index (χ3v) is 6.09. The Labute approximate surface area is 215 Å². The van der Waals surface area contributed by atoms with Crippen LogP contribution in [-0.4, -0.2) is 58.3 Å². The van der Waals surface area contributed by atoms with E-state index in [1.165, 1.54) is 57.2 Å². The van der Waals surface area contributed by atoms with Gasteiger partial charge in [-0.2, -0.15) is 0 Å². The lowest BCUT2D eigenvalue weighted by atomic mass is 10.0. The molecule has 2 atom stereocenters. The summed E-state index contributed by atoms with van der Waals surface area (Å²) in [6, 6.07) is -2.03. The minimum Gasteiger partial charge on any atom is -0.480 e. The van der Waals surface area contributed by atoms with Gasteiger partial charge in [-0.1, -0.05) is 71.1 Å². The standard InChI is InChI=1S/C25H47N3O6S/c1-6-7-8-9-10-11-12-13-14-15-16-20(23(31)32)27-22(30)21(17-35-18-26-19(2)29)28-24(33)34-25(3,4)5/h20-21H,6-18H2,1-5H3,(H,26,29)(H,27,30)(H,28,33)(H,31,32)/t20-,21-/m0/s1. The summed E-state index contributed by atoms with van der Waals surface area (Å²) in [5, 5.41) is 17.3. The van der Waals surface area contributed by atoms with E-state index in [-0.39, 0.29) is 17.5 Å². The highest BCUT2D eigenvalue weighted by atomic mass is 32.2. The normalized spacial score (nSPS) is 12.9. The van der Waals surface area contributed by atoms with Crippen molar-refractivity contribution in [3.05, 3.63) is 0 Å². The third kappa shape index (κ3) is 20.0. The Morgan fingerprint density at radius 3 is 1.89 bits per heavy atom. The molecular weight excluding hydrogens is 470 g/mol. The van der Waals surface area contributed by atoms with E-state index in [1.807, 2.05) is 0 Å². The van der Waals surface area contributed by atoms with E-state index < -0.39 is 35.7 Å². The number of ether oxygens (including phenoxy) is 1. The molecule has 0 unspecified atom stereocenters.